The minimum atomic E-state index is -1.19. The first-order valence-electron chi connectivity index (χ1n) is 10.9. The topological polar surface area (TPSA) is 36.9 Å². The summed E-state index contributed by atoms with van der Waals surface area (Å²) < 4.78 is 66.1. The smallest absolute Gasteiger partial charge is 0.207 e. The van der Waals surface area contributed by atoms with Gasteiger partial charge in [0, 0.05) is 24.2 Å². The molecule has 2 aromatic carbocycles. The van der Waals surface area contributed by atoms with Crippen LogP contribution >= 0.6 is 0 Å². The average molecular weight is 436 g/mol. The summed E-state index contributed by atoms with van der Waals surface area (Å²) in [5.41, 5.74) is 0.931. The van der Waals surface area contributed by atoms with Crippen molar-refractivity contribution in [2.24, 2.45) is 5.92 Å². The average Bonchev–Trinajstić information content (AvgIpc) is 2.78. The van der Waals surface area contributed by atoms with Crippen LogP contribution in [-0.2, 0) is 11.2 Å². The van der Waals surface area contributed by atoms with Crippen LogP contribution in [-0.4, -0.2) is 25.9 Å². The molecule has 4 rings (SSSR count). The van der Waals surface area contributed by atoms with E-state index < -0.39 is 17.5 Å². The molecule has 7 heteroatoms. The molecule has 1 saturated heterocycles. The highest BCUT2D eigenvalue weighted by molar-refractivity contribution is 5.55. The SMILES string of the molecule is CCCC1CCC(COc2cc3c(c(F)c2F)Oc2c(ccc(OCC)c2F)C3)OC1. The molecule has 0 bridgehead atoms. The highest BCUT2D eigenvalue weighted by Gasteiger charge is 2.30. The second-order valence-electron chi connectivity index (χ2n) is 8.07. The first-order valence-corrected chi connectivity index (χ1v) is 10.9. The summed E-state index contributed by atoms with van der Waals surface area (Å²) in [6.45, 7) is 4.98. The van der Waals surface area contributed by atoms with Crippen molar-refractivity contribution in [1.29, 1.82) is 0 Å². The zero-order valence-corrected chi connectivity index (χ0v) is 17.8. The molecule has 2 aliphatic heterocycles. The van der Waals surface area contributed by atoms with Crippen molar-refractivity contribution < 1.29 is 32.1 Å². The normalized spacial score (nSPS) is 19.9. The molecule has 0 spiro atoms. The molecule has 0 amide bonds. The van der Waals surface area contributed by atoms with Crippen LogP contribution in [0.25, 0.3) is 0 Å². The molecule has 0 aromatic heterocycles. The van der Waals surface area contributed by atoms with Crippen LogP contribution in [0.1, 0.15) is 50.7 Å². The van der Waals surface area contributed by atoms with Crippen molar-refractivity contribution >= 4 is 0 Å². The van der Waals surface area contributed by atoms with E-state index in [2.05, 4.69) is 6.92 Å². The minimum absolute atomic E-state index is 0.0131. The standard InChI is InChI=1S/C24H27F3O4/c1-3-5-14-6-8-17(29-12-14)13-30-19-11-16-10-15-7-9-18(28-4-2)21(26)23(15)31-24(16)22(27)20(19)25/h7,9,11,14,17H,3-6,8,10,12-13H2,1-2H3. The van der Waals surface area contributed by atoms with E-state index in [9.17, 15) is 13.2 Å². The monoisotopic (exact) mass is 436 g/mol. The van der Waals surface area contributed by atoms with Crippen molar-refractivity contribution in [3.8, 4) is 23.0 Å². The number of hydrogen-bond acceptors (Lipinski definition) is 4. The molecular formula is C24H27F3O4. The van der Waals surface area contributed by atoms with Gasteiger partial charge in [-0.05, 0) is 44.2 Å². The van der Waals surface area contributed by atoms with Gasteiger partial charge < -0.3 is 18.9 Å². The molecule has 0 N–H and O–H groups in total. The van der Waals surface area contributed by atoms with Crippen LogP contribution < -0.4 is 14.2 Å². The van der Waals surface area contributed by atoms with E-state index in [1.54, 1.807) is 13.0 Å². The Bertz CT molecular complexity index is 939. The lowest BCUT2D eigenvalue weighted by atomic mass is 9.94. The van der Waals surface area contributed by atoms with Crippen LogP contribution in [0.15, 0.2) is 18.2 Å². The molecule has 31 heavy (non-hydrogen) atoms. The third kappa shape index (κ3) is 4.47. The molecule has 2 aromatic rings. The molecule has 4 nitrogen and oxygen atoms in total. The Balaban J connectivity index is 1.49. The zero-order valence-electron chi connectivity index (χ0n) is 17.8. The summed E-state index contributed by atoms with van der Waals surface area (Å²) in [6.07, 6.45) is 4.18. The van der Waals surface area contributed by atoms with Gasteiger partial charge >= 0.3 is 0 Å². The maximum Gasteiger partial charge on any atom is 0.207 e. The maximum atomic E-state index is 14.8. The summed E-state index contributed by atoms with van der Waals surface area (Å²) in [7, 11) is 0. The fourth-order valence-corrected chi connectivity index (χ4v) is 4.19. The van der Waals surface area contributed by atoms with Crippen molar-refractivity contribution in [2.75, 3.05) is 19.8 Å². The third-order valence-corrected chi connectivity index (χ3v) is 5.82. The van der Waals surface area contributed by atoms with E-state index in [4.69, 9.17) is 18.9 Å². The van der Waals surface area contributed by atoms with Crippen LogP contribution in [0.3, 0.4) is 0 Å². The van der Waals surface area contributed by atoms with Gasteiger partial charge in [-0.2, -0.15) is 13.2 Å². The van der Waals surface area contributed by atoms with Crippen LogP contribution in [0.2, 0.25) is 0 Å². The van der Waals surface area contributed by atoms with Gasteiger partial charge in [0.1, 0.15) is 6.61 Å². The van der Waals surface area contributed by atoms with Gasteiger partial charge in [0.2, 0.25) is 17.5 Å². The van der Waals surface area contributed by atoms with Crippen molar-refractivity contribution in [2.45, 2.75) is 52.1 Å². The number of halogens is 3. The van der Waals surface area contributed by atoms with Crippen LogP contribution in [0.5, 0.6) is 23.0 Å². The highest BCUT2D eigenvalue weighted by atomic mass is 19.2. The lowest BCUT2D eigenvalue weighted by Crippen LogP contribution is -2.30. The number of hydrogen-bond donors (Lipinski definition) is 0. The molecule has 2 aliphatic rings. The number of benzene rings is 2. The first-order chi connectivity index (χ1) is 15.0. The van der Waals surface area contributed by atoms with Gasteiger partial charge in [-0.25, -0.2) is 0 Å². The summed E-state index contributed by atoms with van der Waals surface area (Å²) in [5, 5.41) is 0. The molecule has 0 aliphatic carbocycles. The predicted octanol–water partition coefficient (Wildman–Crippen LogP) is 6.17. The summed E-state index contributed by atoms with van der Waals surface area (Å²) in [4.78, 5) is 0. The van der Waals surface area contributed by atoms with Crippen LogP contribution in [0.4, 0.5) is 13.2 Å². The lowest BCUT2D eigenvalue weighted by molar-refractivity contribution is -0.0397. The van der Waals surface area contributed by atoms with E-state index in [0.717, 1.165) is 25.7 Å². The second-order valence-corrected chi connectivity index (χ2v) is 8.07. The van der Waals surface area contributed by atoms with E-state index in [0.29, 0.717) is 23.7 Å². The summed E-state index contributed by atoms with van der Waals surface area (Å²) in [5.74, 6) is -3.13. The Hall–Kier alpha value is -2.41. The number of ether oxygens (including phenoxy) is 4. The van der Waals surface area contributed by atoms with Gasteiger partial charge in [0.05, 0.1) is 12.7 Å². The highest BCUT2D eigenvalue weighted by Crippen LogP contribution is 2.44. The molecule has 2 unspecified atom stereocenters. The van der Waals surface area contributed by atoms with E-state index in [1.807, 2.05) is 0 Å². The van der Waals surface area contributed by atoms with Crippen molar-refractivity contribution in [1.82, 2.24) is 0 Å². The minimum Gasteiger partial charge on any atom is -0.491 e. The molecule has 2 heterocycles. The van der Waals surface area contributed by atoms with Gasteiger partial charge in [-0.3, -0.25) is 0 Å². The van der Waals surface area contributed by atoms with Gasteiger partial charge in [-0.15, -0.1) is 0 Å². The third-order valence-electron chi connectivity index (χ3n) is 5.82. The van der Waals surface area contributed by atoms with E-state index in [1.165, 1.54) is 12.1 Å². The largest absolute Gasteiger partial charge is 0.491 e. The Morgan fingerprint density at radius 2 is 1.74 bits per heavy atom. The molecule has 168 valence electrons. The molecule has 0 saturated carbocycles. The fourth-order valence-electron chi connectivity index (χ4n) is 4.19. The fraction of sp³-hybridized carbons (Fsp3) is 0.500. The molecular weight excluding hydrogens is 409 g/mol. The molecule has 0 radical (unpaired) electrons. The quantitative estimate of drug-likeness (QED) is 0.444. The Morgan fingerprint density at radius 3 is 2.45 bits per heavy atom. The zero-order chi connectivity index (χ0) is 22.0. The second kappa shape index (κ2) is 9.39. The first kappa shape index (κ1) is 21.8. The summed E-state index contributed by atoms with van der Waals surface area (Å²) in [6, 6.07) is 4.60. The Morgan fingerprint density at radius 1 is 0.935 bits per heavy atom. The Labute approximate surface area is 180 Å². The van der Waals surface area contributed by atoms with Gasteiger partial charge in [0.15, 0.2) is 23.0 Å². The van der Waals surface area contributed by atoms with E-state index >= 15 is 0 Å². The lowest BCUT2D eigenvalue weighted by Gasteiger charge is -2.29. The Kier molecular flexibility index (Phi) is 6.60. The van der Waals surface area contributed by atoms with Gasteiger partial charge in [0.25, 0.3) is 0 Å². The number of rotatable bonds is 7. The summed E-state index contributed by atoms with van der Waals surface area (Å²) >= 11 is 0. The van der Waals surface area contributed by atoms with Crippen LogP contribution in [0, 0.1) is 23.4 Å². The van der Waals surface area contributed by atoms with Crippen molar-refractivity contribution in [3.63, 3.8) is 0 Å². The van der Waals surface area contributed by atoms with E-state index in [-0.39, 0.29) is 48.7 Å². The van der Waals surface area contributed by atoms with Crippen molar-refractivity contribution in [3.05, 3.63) is 46.8 Å². The predicted molar refractivity (Wildman–Crippen MR) is 110 cm³/mol. The maximum absolute atomic E-state index is 14.8. The van der Waals surface area contributed by atoms with Gasteiger partial charge in [-0.1, -0.05) is 19.4 Å². The number of fused-ring (bicyclic) bond motifs is 2. The molecule has 1 fully saturated rings. The molecule has 2 atom stereocenters.